The van der Waals surface area contributed by atoms with Crippen LogP contribution in [0.25, 0.3) is 0 Å². The number of aryl methyl sites for hydroxylation is 1. The maximum atomic E-state index is 11.4. The number of nitrogens with zero attached hydrogens (tertiary/aromatic N) is 1. The molecule has 1 aromatic rings. The van der Waals surface area contributed by atoms with Gasteiger partial charge in [0.1, 0.15) is 0 Å². The summed E-state index contributed by atoms with van der Waals surface area (Å²) in [6, 6.07) is 8.01. The van der Waals surface area contributed by atoms with Crippen LogP contribution in [0, 0.1) is 6.92 Å². The molecule has 1 N–H and O–H groups in total. The van der Waals surface area contributed by atoms with Crippen molar-refractivity contribution < 1.29 is 9.59 Å². The molecule has 0 unspecified atom stereocenters. The van der Waals surface area contributed by atoms with Gasteiger partial charge in [0.05, 0.1) is 0 Å². The zero-order valence-electron chi connectivity index (χ0n) is 9.90. The topological polar surface area (TPSA) is 49.4 Å². The van der Waals surface area contributed by atoms with Crippen molar-refractivity contribution in [2.75, 3.05) is 18.4 Å². The second kappa shape index (κ2) is 4.99. The number of carbonyl (C=O) groups excluding carboxylic acids is 2. The summed E-state index contributed by atoms with van der Waals surface area (Å²) in [6.45, 7) is 3.07. The summed E-state index contributed by atoms with van der Waals surface area (Å²) in [6.07, 6.45) is 0.729. The van der Waals surface area contributed by atoms with E-state index in [2.05, 4.69) is 5.32 Å². The molecule has 2 rings (SSSR count). The van der Waals surface area contributed by atoms with E-state index in [4.69, 9.17) is 0 Å². The van der Waals surface area contributed by atoms with E-state index in [0.29, 0.717) is 25.9 Å². The van der Waals surface area contributed by atoms with Crippen molar-refractivity contribution in [3.8, 4) is 0 Å². The van der Waals surface area contributed by atoms with Gasteiger partial charge >= 0.3 is 0 Å². The van der Waals surface area contributed by atoms with Crippen LogP contribution >= 0.6 is 0 Å². The van der Waals surface area contributed by atoms with E-state index in [9.17, 15) is 9.59 Å². The molecule has 1 aliphatic heterocycles. The molecule has 1 aliphatic rings. The molecule has 1 heterocycles. The first-order valence-corrected chi connectivity index (χ1v) is 5.80. The zero-order valence-corrected chi connectivity index (χ0v) is 9.90. The number of rotatable bonds is 4. The molecule has 17 heavy (non-hydrogen) atoms. The standard InChI is InChI=1S/C13H16N2O2/c1-10-3-2-4-11(9-10)14-7-8-15-12(16)5-6-13(15)17/h2-4,9,14H,5-8H2,1H3. The third-order valence-corrected chi connectivity index (χ3v) is 2.84. The SMILES string of the molecule is Cc1cccc(NCCN2C(=O)CCC2=O)c1. The van der Waals surface area contributed by atoms with Crippen molar-refractivity contribution in [2.45, 2.75) is 19.8 Å². The Morgan fingerprint density at radius 2 is 1.94 bits per heavy atom. The van der Waals surface area contributed by atoms with Gasteiger partial charge in [-0.2, -0.15) is 0 Å². The number of nitrogens with one attached hydrogen (secondary N) is 1. The molecule has 0 aromatic heterocycles. The van der Waals surface area contributed by atoms with Gasteiger partial charge in [0, 0.05) is 31.6 Å². The number of amides is 2. The van der Waals surface area contributed by atoms with Gasteiger partial charge < -0.3 is 5.32 Å². The predicted octanol–water partition coefficient (Wildman–Crippen LogP) is 1.56. The van der Waals surface area contributed by atoms with Gasteiger partial charge in [-0.3, -0.25) is 14.5 Å². The fourth-order valence-corrected chi connectivity index (χ4v) is 1.94. The minimum absolute atomic E-state index is 0.0546. The van der Waals surface area contributed by atoms with Gasteiger partial charge in [-0.05, 0) is 24.6 Å². The molecule has 1 saturated heterocycles. The van der Waals surface area contributed by atoms with Crippen LogP contribution in [0.1, 0.15) is 18.4 Å². The van der Waals surface area contributed by atoms with Crippen molar-refractivity contribution in [3.05, 3.63) is 29.8 Å². The lowest BCUT2D eigenvalue weighted by Crippen LogP contribution is -2.33. The van der Waals surface area contributed by atoms with Crippen molar-refractivity contribution in [1.29, 1.82) is 0 Å². The molecule has 0 radical (unpaired) electrons. The van der Waals surface area contributed by atoms with E-state index in [1.165, 1.54) is 10.5 Å². The molecule has 0 atom stereocenters. The minimum atomic E-state index is -0.0546. The van der Waals surface area contributed by atoms with E-state index < -0.39 is 0 Å². The molecule has 90 valence electrons. The number of imide groups is 1. The first-order chi connectivity index (χ1) is 8.16. The van der Waals surface area contributed by atoms with Crippen LogP contribution in [0.15, 0.2) is 24.3 Å². The highest BCUT2D eigenvalue weighted by atomic mass is 16.2. The predicted molar refractivity (Wildman–Crippen MR) is 65.6 cm³/mol. The van der Waals surface area contributed by atoms with Crippen molar-refractivity contribution in [1.82, 2.24) is 4.90 Å². The van der Waals surface area contributed by atoms with Gasteiger partial charge in [-0.1, -0.05) is 12.1 Å². The number of hydrogen-bond donors (Lipinski definition) is 1. The fourth-order valence-electron chi connectivity index (χ4n) is 1.94. The second-order valence-electron chi connectivity index (χ2n) is 4.24. The molecule has 1 aromatic carbocycles. The average Bonchev–Trinajstić information content (AvgIpc) is 2.61. The summed E-state index contributed by atoms with van der Waals surface area (Å²) in [7, 11) is 0. The molecule has 0 aliphatic carbocycles. The van der Waals surface area contributed by atoms with E-state index >= 15 is 0 Å². The quantitative estimate of drug-likeness (QED) is 0.801. The summed E-state index contributed by atoms with van der Waals surface area (Å²) in [5.41, 5.74) is 2.20. The summed E-state index contributed by atoms with van der Waals surface area (Å²) < 4.78 is 0. The van der Waals surface area contributed by atoms with Crippen LogP contribution < -0.4 is 5.32 Å². The summed E-state index contributed by atoms with van der Waals surface area (Å²) in [4.78, 5) is 24.1. The van der Waals surface area contributed by atoms with Gasteiger partial charge in [0.15, 0.2) is 0 Å². The highest BCUT2D eigenvalue weighted by Crippen LogP contribution is 2.12. The van der Waals surface area contributed by atoms with Crippen LogP contribution in [0.3, 0.4) is 0 Å². The summed E-state index contributed by atoms with van der Waals surface area (Å²) >= 11 is 0. The molecule has 2 amide bonds. The lowest BCUT2D eigenvalue weighted by Gasteiger charge is -2.14. The maximum absolute atomic E-state index is 11.4. The largest absolute Gasteiger partial charge is 0.383 e. The van der Waals surface area contributed by atoms with Crippen LogP contribution in [0.4, 0.5) is 5.69 Å². The van der Waals surface area contributed by atoms with Crippen molar-refractivity contribution in [3.63, 3.8) is 0 Å². The molecule has 1 fully saturated rings. The van der Waals surface area contributed by atoms with Crippen LogP contribution in [0.2, 0.25) is 0 Å². The maximum Gasteiger partial charge on any atom is 0.229 e. The van der Waals surface area contributed by atoms with Gasteiger partial charge in [0.2, 0.25) is 11.8 Å². The normalized spacial score (nSPS) is 15.5. The molecule has 0 bridgehead atoms. The van der Waals surface area contributed by atoms with E-state index in [0.717, 1.165) is 5.69 Å². The molecule has 4 heteroatoms. The van der Waals surface area contributed by atoms with E-state index in [1.54, 1.807) is 0 Å². The first-order valence-electron chi connectivity index (χ1n) is 5.80. The molecular weight excluding hydrogens is 216 g/mol. The Morgan fingerprint density at radius 3 is 2.59 bits per heavy atom. The molecule has 0 saturated carbocycles. The number of hydrogen-bond acceptors (Lipinski definition) is 3. The summed E-state index contributed by atoms with van der Waals surface area (Å²) in [5.74, 6) is -0.109. The van der Waals surface area contributed by atoms with Gasteiger partial charge in [-0.25, -0.2) is 0 Å². The Balaban J connectivity index is 1.83. The third kappa shape index (κ3) is 2.84. The average molecular weight is 232 g/mol. The van der Waals surface area contributed by atoms with Crippen molar-refractivity contribution >= 4 is 17.5 Å². The van der Waals surface area contributed by atoms with Gasteiger partial charge in [-0.15, -0.1) is 0 Å². The highest BCUT2D eigenvalue weighted by Gasteiger charge is 2.27. The second-order valence-corrected chi connectivity index (χ2v) is 4.24. The Hall–Kier alpha value is -1.84. The van der Waals surface area contributed by atoms with E-state index in [-0.39, 0.29) is 11.8 Å². The van der Waals surface area contributed by atoms with Crippen LogP contribution in [-0.4, -0.2) is 29.8 Å². The third-order valence-electron chi connectivity index (χ3n) is 2.84. The number of anilines is 1. The van der Waals surface area contributed by atoms with Crippen molar-refractivity contribution in [2.24, 2.45) is 0 Å². The lowest BCUT2D eigenvalue weighted by atomic mass is 10.2. The number of carbonyl (C=O) groups is 2. The Labute approximate surface area is 101 Å². The first kappa shape index (κ1) is 11.6. The number of likely N-dealkylation sites (tertiary alicyclic amines) is 1. The smallest absolute Gasteiger partial charge is 0.229 e. The highest BCUT2D eigenvalue weighted by molar-refractivity contribution is 6.01. The molecule has 4 nitrogen and oxygen atoms in total. The van der Waals surface area contributed by atoms with E-state index in [1.807, 2.05) is 31.2 Å². The molecule has 0 spiro atoms. The molecular formula is C13H16N2O2. The lowest BCUT2D eigenvalue weighted by molar-refractivity contribution is -0.138. The Bertz CT molecular complexity index is 427. The fraction of sp³-hybridized carbons (Fsp3) is 0.385. The Kier molecular flexibility index (Phi) is 3.42. The monoisotopic (exact) mass is 232 g/mol. The Morgan fingerprint density at radius 1 is 1.24 bits per heavy atom. The number of benzene rings is 1. The van der Waals surface area contributed by atoms with Crippen LogP contribution in [-0.2, 0) is 9.59 Å². The summed E-state index contributed by atoms with van der Waals surface area (Å²) in [5, 5.41) is 3.21. The van der Waals surface area contributed by atoms with Gasteiger partial charge in [0.25, 0.3) is 0 Å². The minimum Gasteiger partial charge on any atom is -0.383 e. The zero-order chi connectivity index (χ0) is 12.3. The van der Waals surface area contributed by atoms with Crippen LogP contribution in [0.5, 0.6) is 0 Å².